The summed E-state index contributed by atoms with van der Waals surface area (Å²) in [5.41, 5.74) is 0.820. The quantitative estimate of drug-likeness (QED) is 0.777. The molecule has 1 aromatic heterocycles. The summed E-state index contributed by atoms with van der Waals surface area (Å²) in [5.74, 6) is 2.33. The van der Waals surface area contributed by atoms with Gasteiger partial charge in [-0.2, -0.15) is 5.10 Å². The maximum Gasteiger partial charge on any atom is 0.169 e. The Kier molecular flexibility index (Phi) is 3.72. The lowest BCUT2D eigenvalue weighted by Gasteiger charge is -2.38. The number of hydrogen-bond acceptors (Lipinski definition) is 2. The fourth-order valence-electron chi connectivity index (χ4n) is 4.01. The van der Waals surface area contributed by atoms with Gasteiger partial charge in [-0.1, -0.05) is 25.7 Å². The van der Waals surface area contributed by atoms with Gasteiger partial charge in [0.1, 0.15) is 0 Å². The molecule has 3 rings (SSSR count). The first kappa shape index (κ1) is 12.9. The molecule has 0 aromatic carbocycles. The molecule has 2 aliphatic rings. The van der Waals surface area contributed by atoms with E-state index in [4.69, 9.17) is 0 Å². The van der Waals surface area contributed by atoms with Gasteiger partial charge in [-0.05, 0) is 38.0 Å². The smallest absolute Gasteiger partial charge is 0.169 e. The molecule has 3 nitrogen and oxygen atoms in total. The number of Topliss-reactive ketones (excluding diaryl/α,β-unsaturated/α-hetero) is 1. The van der Waals surface area contributed by atoms with E-state index < -0.39 is 0 Å². The Balaban J connectivity index is 1.67. The molecular weight excluding hydrogens is 236 g/mol. The zero-order valence-corrected chi connectivity index (χ0v) is 11.8. The van der Waals surface area contributed by atoms with Crippen LogP contribution < -0.4 is 0 Å². The highest BCUT2D eigenvalue weighted by Gasteiger charge is 2.35. The Morgan fingerprint density at radius 2 is 2.05 bits per heavy atom. The number of ketones is 1. The molecule has 19 heavy (non-hydrogen) atoms. The highest BCUT2D eigenvalue weighted by molar-refractivity contribution is 5.97. The van der Waals surface area contributed by atoms with Crippen LogP contribution in [0.5, 0.6) is 0 Å². The third kappa shape index (κ3) is 2.60. The third-order valence-corrected chi connectivity index (χ3v) is 5.15. The molecule has 3 atom stereocenters. The summed E-state index contributed by atoms with van der Waals surface area (Å²) in [6.45, 7) is 2.89. The predicted octanol–water partition coefficient (Wildman–Crippen LogP) is 3.69. The second kappa shape index (κ2) is 5.48. The molecule has 104 valence electrons. The van der Waals surface area contributed by atoms with Gasteiger partial charge in [0.2, 0.25) is 0 Å². The summed E-state index contributed by atoms with van der Waals surface area (Å²) in [6, 6.07) is 0. The average molecular weight is 260 g/mol. The van der Waals surface area contributed by atoms with Crippen LogP contribution in [0.4, 0.5) is 0 Å². The van der Waals surface area contributed by atoms with Gasteiger partial charge in [0.25, 0.3) is 0 Å². The number of carbonyl (C=O) groups is 1. The molecule has 0 N–H and O–H groups in total. The van der Waals surface area contributed by atoms with E-state index in [0.717, 1.165) is 36.8 Å². The Bertz CT molecular complexity index is 451. The molecule has 3 heteroatoms. The van der Waals surface area contributed by atoms with Crippen molar-refractivity contribution < 1.29 is 4.79 Å². The summed E-state index contributed by atoms with van der Waals surface area (Å²) < 4.78 is 1.85. The Hall–Kier alpha value is -1.12. The molecule has 1 aromatic rings. The van der Waals surface area contributed by atoms with Crippen LogP contribution in [0.1, 0.15) is 62.2 Å². The van der Waals surface area contributed by atoms with E-state index >= 15 is 0 Å². The summed E-state index contributed by atoms with van der Waals surface area (Å²) in [7, 11) is 0. The van der Waals surface area contributed by atoms with Gasteiger partial charge in [0.05, 0.1) is 11.8 Å². The van der Waals surface area contributed by atoms with Crippen molar-refractivity contribution in [3.05, 3.63) is 18.0 Å². The van der Waals surface area contributed by atoms with Crippen LogP contribution in [0, 0.1) is 17.8 Å². The van der Waals surface area contributed by atoms with Crippen LogP contribution in [0.3, 0.4) is 0 Å². The lowest BCUT2D eigenvalue weighted by Crippen LogP contribution is -2.31. The highest BCUT2D eigenvalue weighted by Crippen LogP contribution is 2.43. The van der Waals surface area contributed by atoms with Crippen LogP contribution in [-0.4, -0.2) is 15.6 Å². The van der Waals surface area contributed by atoms with Crippen molar-refractivity contribution in [1.29, 1.82) is 0 Å². The largest absolute Gasteiger partial charge is 0.294 e. The molecule has 2 aliphatic carbocycles. The van der Waals surface area contributed by atoms with E-state index in [1.807, 2.05) is 10.9 Å². The Morgan fingerprint density at radius 1 is 1.26 bits per heavy atom. The fourth-order valence-corrected chi connectivity index (χ4v) is 4.01. The number of nitrogens with zero attached hydrogens (tertiary/aromatic N) is 2. The number of fused-ring (bicyclic) bond motifs is 1. The predicted molar refractivity (Wildman–Crippen MR) is 75.0 cm³/mol. The highest BCUT2D eigenvalue weighted by atomic mass is 16.1. The molecule has 0 saturated heterocycles. The van der Waals surface area contributed by atoms with Crippen molar-refractivity contribution in [2.45, 2.75) is 58.4 Å². The first-order chi connectivity index (χ1) is 9.28. The zero-order valence-electron chi connectivity index (χ0n) is 11.8. The van der Waals surface area contributed by atoms with Crippen molar-refractivity contribution in [1.82, 2.24) is 9.78 Å². The molecule has 1 heterocycles. The van der Waals surface area contributed by atoms with E-state index in [0.29, 0.717) is 5.78 Å². The molecule has 0 aliphatic heterocycles. The number of rotatable bonds is 3. The lowest BCUT2D eigenvalue weighted by molar-refractivity contribution is 0.0763. The monoisotopic (exact) mass is 260 g/mol. The SMILES string of the molecule is CCn1cc(C(=O)C2CCC3CCCCC3C2)cn1. The minimum absolute atomic E-state index is 0.258. The van der Waals surface area contributed by atoms with E-state index in [1.165, 1.54) is 32.1 Å². The molecule has 0 radical (unpaired) electrons. The minimum atomic E-state index is 0.258. The lowest BCUT2D eigenvalue weighted by atomic mass is 9.66. The first-order valence-corrected chi connectivity index (χ1v) is 7.84. The average Bonchev–Trinajstić information content (AvgIpc) is 2.95. The summed E-state index contributed by atoms with van der Waals surface area (Å²) in [6.07, 6.45) is 12.7. The molecular formula is C16H24N2O. The van der Waals surface area contributed by atoms with Gasteiger partial charge in [-0.15, -0.1) is 0 Å². The molecule has 2 fully saturated rings. The molecule has 0 bridgehead atoms. The van der Waals surface area contributed by atoms with Crippen molar-refractivity contribution in [3.8, 4) is 0 Å². The molecule has 2 saturated carbocycles. The van der Waals surface area contributed by atoms with Crippen molar-refractivity contribution >= 4 is 5.78 Å². The van der Waals surface area contributed by atoms with Gasteiger partial charge in [-0.3, -0.25) is 9.48 Å². The van der Waals surface area contributed by atoms with Gasteiger partial charge in [-0.25, -0.2) is 0 Å². The summed E-state index contributed by atoms with van der Waals surface area (Å²) in [5, 5.41) is 4.23. The van der Waals surface area contributed by atoms with E-state index in [-0.39, 0.29) is 5.92 Å². The van der Waals surface area contributed by atoms with Crippen LogP contribution in [0.2, 0.25) is 0 Å². The Labute approximate surface area is 115 Å². The molecule has 0 amide bonds. The van der Waals surface area contributed by atoms with Gasteiger partial charge < -0.3 is 0 Å². The van der Waals surface area contributed by atoms with Crippen molar-refractivity contribution in [2.24, 2.45) is 17.8 Å². The number of aryl methyl sites for hydroxylation is 1. The summed E-state index contributed by atoms with van der Waals surface area (Å²) in [4.78, 5) is 12.6. The topological polar surface area (TPSA) is 34.9 Å². The van der Waals surface area contributed by atoms with Crippen molar-refractivity contribution in [3.63, 3.8) is 0 Å². The fraction of sp³-hybridized carbons (Fsp3) is 0.750. The van der Waals surface area contributed by atoms with Gasteiger partial charge in [0, 0.05) is 18.7 Å². The van der Waals surface area contributed by atoms with Gasteiger partial charge >= 0.3 is 0 Å². The summed E-state index contributed by atoms with van der Waals surface area (Å²) >= 11 is 0. The first-order valence-electron chi connectivity index (χ1n) is 7.84. The molecule has 3 unspecified atom stereocenters. The maximum absolute atomic E-state index is 12.6. The van der Waals surface area contributed by atoms with E-state index in [2.05, 4.69) is 12.0 Å². The third-order valence-electron chi connectivity index (χ3n) is 5.15. The number of hydrogen-bond donors (Lipinski definition) is 0. The normalized spacial score (nSPS) is 30.9. The van der Waals surface area contributed by atoms with E-state index in [1.54, 1.807) is 6.20 Å². The van der Waals surface area contributed by atoms with Gasteiger partial charge in [0.15, 0.2) is 5.78 Å². The standard InChI is InChI=1S/C16H24N2O/c1-2-18-11-15(10-17-18)16(19)14-8-7-12-5-3-4-6-13(12)9-14/h10-14H,2-9H2,1H3. The number of aromatic nitrogens is 2. The van der Waals surface area contributed by atoms with Crippen molar-refractivity contribution in [2.75, 3.05) is 0 Å². The Morgan fingerprint density at radius 3 is 2.79 bits per heavy atom. The zero-order chi connectivity index (χ0) is 13.2. The van der Waals surface area contributed by atoms with Crippen LogP contribution in [-0.2, 0) is 6.54 Å². The van der Waals surface area contributed by atoms with E-state index in [9.17, 15) is 4.79 Å². The second-order valence-electron chi connectivity index (χ2n) is 6.26. The second-order valence-corrected chi connectivity index (χ2v) is 6.26. The molecule has 0 spiro atoms. The van der Waals surface area contributed by atoms with Crippen LogP contribution in [0.25, 0.3) is 0 Å². The van der Waals surface area contributed by atoms with Crippen LogP contribution >= 0.6 is 0 Å². The number of carbonyl (C=O) groups excluding carboxylic acids is 1. The minimum Gasteiger partial charge on any atom is -0.294 e. The maximum atomic E-state index is 12.6. The van der Waals surface area contributed by atoms with Crippen LogP contribution in [0.15, 0.2) is 12.4 Å².